The maximum Gasteiger partial charge on any atom is 0.161 e. The molecule has 0 radical (unpaired) electrons. The molecule has 1 aromatic carbocycles. The van der Waals surface area contributed by atoms with Gasteiger partial charge in [-0.25, -0.2) is 0 Å². The molecule has 3 aliphatic rings. The van der Waals surface area contributed by atoms with Crippen LogP contribution in [0.2, 0.25) is 0 Å². The van der Waals surface area contributed by atoms with Gasteiger partial charge in [0.15, 0.2) is 11.5 Å². The van der Waals surface area contributed by atoms with Crippen LogP contribution in [0, 0.1) is 5.92 Å². The molecule has 2 fully saturated rings. The van der Waals surface area contributed by atoms with Gasteiger partial charge in [-0.1, -0.05) is 0 Å². The predicted molar refractivity (Wildman–Crippen MR) is 84.6 cm³/mol. The van der Waals surface area contributed by atoms with Crippen LogP contribution < -0.4 is 9.47 Å². The van der Waals surface area contributed by atoms with Crippen molar-refractivity contribution in [3.63, 3.8) is 0 Å². The highest BCUT2D eigenvalue weighted by Crippen LogP contribution is 2.49. The number of benzene rings is 1. The van der Waals surface area contributed by atoms with E-state index in [0.717, 1.165) is 17.4 Å². The second kappa shape index (κ2) is 5.43. The fourth-order valence-corrected chi connectivity index (χ4v) is 4.85. The highest BCUT2D eigenvalue weighted by Gasteiger charge is 2.48. The van der Waals surface area contributed by atoms with E-state index in [1.54, 1.807) is 14.2 Å². The minimum Gasteiger partial charge on any atom is -0.493 e. The zero-order valence-corrected chi connectivity index (χ0v) is 13.7. The van der Waals surface area contributed by atoms with E-state index < -0.39 is 0 Å². The Labute approximate surface area is 132 Å². The highest BCUT2D eigenvalue weighted by molar-refractivity contribution is 5.50. The monoisotopic (exact) mass is 303 g/mol. The lowest BCUT2D eigenvalue weighted by Gasteiger charge is -2.45. The Morgan fingerprint density at radius 3 is 2.64 bits per heavy atom. The molecule has 4 heteroatoms. The van der Waals surface area contributed by atoms with Crippen molar-refractivity contribution >= 4 is 0 Å². The Morgan fingerprint density at radius 1 is 1.09 bits per heavy atom. The lowest BCUT2D eigenvalue weighted by atomic mass is 9.70. The van der Waals surface area contributed by atoms with Gasteiger partial charge in [0.05, 0.1) is 26.9 Å². The van der Waals surface area contributed by atoms with E-state index in [-0.39, 0.29) is 0 Å². The lowest BCUT2D eigenvalue weighted by Crippen LogP contribution is -2.47. The van der Waals surface area contributed by atoms with Crippen molar-refractivity contribution < 1.29 is 14.2 Å². The first-order valence-corrected chi connectivity index (χ1v) is 8.29. The first-order valence-electron chi connectivity index (χ1n) is 8.29. The summed E-state index contributed by atoms with van der Waals surface area (Å²) in [5.74, 6) is 2.92. The Morgan fingerprint density at radius 2 is 1.86 bits per heavy atom. The molecule has 0 spiro atoms. The predicted octanol–water partition coefficient (Wildman–Crippen LogP) is 2.80. The number of fused-ring (bicyclic) bond motifs is 5. The topological polar surface area (TPSA) is 30.9 Å². The molecule has 0 bridgehead atoms. The number of hydrogen-bond donors (Lipinski definition) is 0. The normalized spacial score (nSPS) is 33.8. The third-order valence-corrected chi connectivity index (χ3v) is 5.89. The molecule has 1 aliphatic carbocycles. The average Bonchev–Trinajstić information content (AvgIpc) is 2.94. The van der Waals surface area contributed by atoms with Gasteiger partial charge in [-0.2, -0.15) is 0 Å². The molecule has 2 aliphatic heterocycles. The van der Waals surface area contributed by atoms with Crippen LogP contribution >= 0.6 is 0 Å². The molecule has 4 rings (SSSR count). The zero-order chi connectivity index (χ0) is 15.3. The van der Waals surface area contributed by atoms with Crippen LogP contribution in [0.1, 0.15) is 36.3 Å². The van der Waals surface area contributed by atoms with Crippen LogP contribution in [0.4, 0.5) is 0 Å². The van der Waals surface area contributed by atoms with E-state index in [1.165, 1.54) is 36.9 Å². The van der Waals surface area contributed by atoms with Gasteiger partial charge in [0.2, 0.25) is 0 Å². The molecular weight excluding hydrogens is 278 g/mol. The molecule has 22 heavy (non-hydrogen) atoms. The number of likely N-dealkylation sites (N-methyl/N-ethyl adjacent to an activating group) is 1. The van der Waals surface area contributed by atoms with Crippen molar-refractivity contribution in [1.29, 1.82) is 0 Å². The Balaban J connectivity index is 1.79. The van der Waals surface area contributed by atoms with Crippen LogP contribution in [-0.4, -0.2) is 44.9 Å². The van der Waals surface area contributed by atoms with E-state index in [9.17, 15) is 0 Å². The Kier molecular flexibility index (Phi) is 3.54. The summed E-state index contributed by atoms with van der Waals surface area (Å²) < 4.78 is 17.2. The number of methoxy groups -OCH3 is 2. The van der Waals surface area contributed by atoms with Gasteiger partial charge in [0.1, 0.15) is 0 Å². The van der Waals surface area contributed by atoms with Crippen LogP contribution in [0.5, 0.6) is 11.5 Å². The highest BCUT2D eigenvalue weighted by atomic mass is 16.5. The van der Waals surface area contributed by atoms with Gasteiger partial charge in [-0.3, -0.25) is 0 Å². The standard InChI is InChI=1S/C18H25NO3/c1-19-7-6-11-4-5-14-17(18(11)19)13-9-16(21-3)15(20-2)8-12(13)10-22-14/h8-9,11,14,17-18H,4-7,10H2,1-3H3. The largest absolute Gasteiger partial charge is 0.493 e. The maximum absolute atomic E-state index is 6.21. The van der Waals surface area contributed by atoms with Crippen LogP contribution in [-0.2, 0) is 11.3 Å². The summed E-state index contributed by atoms with van der Waals surface area (Å²) in [5, 5.41) is 0. The molecule has 4 unspecified atom stereocenters. The third-order valence-electron chi connectivity index (χ3n) is 5.89. The average molecular weight is 303 g/mol. The molecule has 4 nitrogen and oxygen atoms in total. The SMILES string of the molecule is COc1cc2c(cc1OC)C1C(CCC3CCN(C)C31)OC2. The third kappa shape index (κ3) is 2.04. The van der Waals surface area contributed by atoms with Gasteiger partial charge in [-0.15, -0.1) is 0 Å². The Hall–Kier alpha value is -1.26. The number of rotatable bonds is 2. The molecule has 1 saturated heterocycles. The van der Waals surface area contributed by atoms with E-state index in [4.69, 9.17) is 14.2 Å². The van der Waals surface area contributed by atoms with Crippen molar-refractivity contribution in [2.45, 2.75) is 43.9 Å². The summed E-state index contributed by atoms with van der Waals surface area (Å²) in [5.41, 5.74) is 2.68. The molecule has 2 heterocycles. The van der Waals surface area contributed by atoms with Crippen LogP contribution in [0.25, 0.3) is 0 Å². The minimum absolute atomic E-state index is 0.354. The second-order valence-corrected chi connectivity index (χ2v) is 6.88. The maximum atomic E-state index is 6.21. The Bertz CT molecular complexity index is 574. The fourth-order valence-electron chi connectivity index (χ4n) is 4.85. The minimum atomic E-state index is 0.354. The molecule has 120 valence electrons. The summed E-state index contributed by atoms with van der Waals surface area (Å²) >= 11 is 0. The number of ether oxygens (including phenoxy) is 3. The van der Waals surface area contributed by atoms with Gasteiger partial charge in [-0.05, 0) is 62.0 Å². The smallest absolute Gasteiger partial charge is 0.161 e. The van der Waals surface area contributed by atoms with Crippen LogP contribution in [0.3, 0.4) is 0 Å². The summed E-state index contributed by atoms with van der Waals surface area (Å²) in [6.07, 6.45) is 4.17. The summed E-state index contributed by atoms with van der Waals surface area (Å²) in [7, 11) is 5.67. The van der Waals surface area contributed by atoms with Gasteiger partial charge in [0.25, 0.3) is 0 Å². The second-order valence-electron chi connectivity index (χ2n) is 6.88. The van der Waals surface area contributed by atoms with E-state index in [1.807, 2.05) is 0 Å². The van der Waals surface area contributed by atoms with E-state index in [2.05, 4.69) is 24.1 Å². The fraction of sp³-hybridized carbons (Fsp3) is 0.667. The first-order chi connectivity index (χ1) is 10.7. The first kappa shape index (κ1) is 14.3. The zero-order valence-electron chi connectivity index (χ0n) is 13.7. The van der Waals surface area contributed by atoms with Crippen molar-refractivity contribution in [1.82, 2.24) is 4.90 Å². The molecule has 0 amide bonds. The van der Waals surface area contributed by atoms with Crippen molar-refractivity contribution in [2.75, 3.05) is 27.8 Å². The van der Waals surface area contributed by atoms with Crippen molar-refractivity contribution in [3.05, 3.63) is 23.3 Å². The summed E-state index contributed by atoms with van der Waals surface area (Å²) in [6, 6.07) is 4.90. The molecule has 0 N–H and O–H groups in total. The molecule has 1 aromatic rings. The van der Waals surface area contributed by atoms with Crippen LogP contribution in [0.15, 0.2) is 12.1 Å². The van der Waals surface area contributed by atoms with Gasteiger partial charge in [0, 0.05) is 12.0 Å². The van der Waals surface area contributed by atoms with Crippen molar-refractivity contribution in [3.8, 4) is 11.5 Å². The quantitative estimate of drug-likeness (QED) is 0.840. The molecule has 1 saturated carbocycles. The number of likely N-dealkylation sites (tertiary alicyclic amines) is 1. The van der Waals surface area contributed by atoms with E-state index >= 15 is 0 Å². The lowest BCUT2D eigenvalue weighted by molar-refractivity contribution is -0.0415. The van der Waals surface area contributed by atoms with E-state index in [0.29, 0.717) is 24.7 Å². The summed E-state index contributed by atoms with van der Waals surface area (Å²) in [6.45, 7) is 1.90. The molecule has 0 aromatic heterocycles. The van der Waals surface area contributed by atoms with Gasteiger partial charge < -0.3 is 19.1 Å². The number of nitrogens with zero attached hydrogens (tertiary/aromatic N) is 1. The summed E-state index contributed by atoms with van der Waals surface area (Å²) in [4.78, 5) is 2.54. The molecule has 4 atom stereocenters. The van der Waals surface area contributed by atoms with Gasteiger partial charge >= 0.3 is 0 Å². The molecular formula is C18H25NO3. The van der Waals surface area contributed by atoms with Crippen molar-refractivity contribution in [2.24, 2.45) is 5.92 Å². The number of hydrogen-bond acceptors (Lipinski definition) is 4.